The first-order chi connectivity index (χ1) is 7.77. The minimum absolute atomic E-state index is 0.230. The zero-order chi connectivity index (χ0) is 11.4. The van der Waals surface area contributed by atoms with Gasteiger partial charge in [0, 0.05) is 19.0 Å². The Labute approximate surface area is 100 Å². The molecule has 1 aliphatic rings. The van der Waals surface area contributed by atoms with Crippen molar-refractivity contribution in [2.24, 2.45) is 0 Å². The van der Waals surface area contributed by atoms with Gasteiger partial charge in [0.1, 0.15) is 16.1 Å². The van der Waals surface area contributed by atoms with Gasteiger partial charge in [-0.2, -0.15) is 4.28 Å². The summed E-state index contributed by atoms with van der Waals surface area (Å²) in [4.78, 5) is 26.4. The van der Waals surface area contributed by atoms with Gasteiger partial charge >= 0.3 is 0 Å². The fraction of sp³-hybridized carbons (Fsp3) is 0.222. The Morgan fingerprint density at radius 3 is 2.62 bits per heavy atom. The number of pyridine rings is 1. The predicted molar refractivity (Wildman–Crippen MR) is 59.9 cm³/mol. The molecule has 0 N–H and O–H groups in total. The molecule has 0 radical (unpaired) electrons. The normalized spacial score (nSPS) is 15.9. The molecule has 1 aromatic rings. The number of hydrogen-bond acceptors (Lipinski definition) is 6. The maximum absolute atomic E-state index is 11.2. The van der Waals surface area contributed by atoms with Gasteiger partial charge in [-0.15, -0.1) is 5.06 Å². The van der Waals surface area contributed by atoms with Crippen LogP contribution in [0.4, 0.5) is 0 Å². The molecular weight excluding hydrogens is 248 g/mol. The zero-order valence-corrected chi connectivity index (χ0v) is 9.79. The van der Waals surface area contributed by atoms with Crippen molar-refractivity contribution < 1.29 is 13.9 Å². The van der Waals surface area contributed by atoms with Crippen LogP contribution >= 0.6 is 21.9 Å². The molecule has 2 heterocycles. The number of hydrogen-bond donors (Lipinski definition) is 0. The lowest BCUT2D eigenvalue weighted by Crippen LogP contribution is -2.26. The molecule has 2 rings (SSSR count). The summed E-state index contributed by atoms with van der Waals surface area (Å²) in [6, 6.07) is 5.47. The van der Waals surface area contributed by atoms with Gasteiger partial charge in [-0.25, -0.2) is 4.98 Å². The minimum Gasteiger partial charge on any atom is -0.272 e. The van der Waals surface area contributed by atoms with Crippen LogP contribution in [0.15, 0.2) is 29.4 Å². The molecule has 1 fully saturated rings. The molecule has 0 atom stereocenters. The topological polar surface area (TPSA) is 59.5 Å². The quantitative estimate of drug-likeness (QED) is 0.465. The first-order valence-electron chi connectivity index (χ1n) is 4.55. The van der Waals surface area contributed by atoms with Crippen molar-refractivity contribution in [3.8, 4) is 0 Å². The summed E-state index contributed by atoms with van der Waals surface area (Å²) >= 11 is 0.950. The molecule has 5 nitrogen and oxygen atoms in total. The van der Waals surface area contributed by atoms with E-state index in [1.165, 1.54) is 10.8 Å². The molecule has 0 spiro atoms. The van der Waals surface area contributed by atoms with E-state index in [2.05, 4.69) is 4.98 Å². The number of rotatable bonds is 4. The highest BCUT2D eigenvalue weighted by atomic mass is 33.1. The molecule has 1 saturated heterocycles. The molecule has 1 aromatic heterocycles. The molecule has 0 unspecified atom stereocenters. The summed E-state index contributed by atoms with van der Waals surface area (Å²) in [5.74, 6) is -0.585. The first kappa shape index (κ1) is 11.4. The Hall–Kier alpha value is -1.05. The highest BCUT2D eigenvalue weighted by molar-refractivity contribution is 8.74. The maximum atomic E-state index is 11.2. The number of nitrogens with zero attached hydrogens (tertiary/aromatic N) is 2. The first-order valence-corrected chi connectivity index (χ1v) is 6.63. The van der Waals surface area contributed by atoms with E-state index in [4.69, 9.17) is 4.28 Å². The van der Waals surface area contributed by atoms with Gasteiger partial charge in [0.05, 0.1) is 0 Å². The Kier molecular flexibility index (Phi) is 3.81. The van der Waals surface area contributed by atoms with Crippen molar-refractivity contribution >= 4 is 33.7 Å². The molecule has 0 aliphatic carbocycles. The van der Waals surface area contributed by atoms with E-state index in [9.17, 15) is 9.59 Å². The molecule has 0 bridgehead atoms. The monoisotopic (exact) mass is 256 g/mol. The van der Waals surface area contributed by atoms with Crippen molar-refractivity contribution in [3.05, 3.63) is 24.4 Å². The van der Waals surface area contributed by atoms with Crippen molar-refractivity contribution in [2.75, 3.05) is 0 Å². The van der Waals surface area contributed by atoms with Crippen LogP contribution in [0, 0.1) is 0 Å². The summed E-state index contributed by atoms with van der Waals surface area (Å²) in [7, 11) is 1.25. The van der Waals surface area contributed by atoms with Gasteiger partial charge in [-0.3, -0.25) is 9.59 Å². The van der Waals surface area contributed by atoms with Crippen LogP contribution in [0.2, 0.25) is 0 Å². The Bertz CT molecular complexity index is 383. The summed E-state index contributed by atoms with van der Waals surface area (Å²) < 4.78 is 5.01. The van der Waals surface area contributed by atoms with Crippen LogP contribution in [0.25, 0.3) is 0 Å². The largest absolute Gasteiger partial charge is 0.272 e. The number of imide groups is 1. The van der Waals surface area contributed by atoms with E-state index in [0.717, 1.165) is 21.2 Å². The van der Waals surface area contributed by atoms with Crippen molar-refractivity contribution in [3.63, 3.8) is 0 Å². The molecule has 1 aliphatic heterocycles. The van der Waals surface area contributed by atoms with E-state index >= 15 is 0 Å². The third-order valence-corrected chi connectivity index (χ3v) is 3.46. The van der Waals surface area contributed by atoms with Crippen LogP contribution in [0.5, 0.6) is 0 Å². The maximum Gasteiger partial charge on any atom is 0.255 e. The third-order valence-electron chi connectivity index (χ3n) is 1.87. The van der Waals surface area contributed by atoms with Gasteiger partial charge in [-0.1, -0.05) is 6.07 Å². The fourth-order valence-electron chi connectivity index (χ4n) is 1.12. The number of carbonyl (C=O) groups excluding carboxylic acids is 2. The number of hydroxylamine groups is 2. The Morgan fingerprint density at radius 2 is 2.00 bits per heavy atom. The second kappa shape index (κ2) is 5.33. The van der Waals surface area contributed by atoms with Crippen LogP contribution in [-0.4, -0.2) is 21.9 Å². The Morgan fingerprint density at radius 1 is 1.25 bits per heavy atom. The van der Waals surface area contributed by atoms with E-state index < -0.39 is 0 Å². The lowest BCUT2D eigenvalue weighted by atomic mass is 10.4. The van der Waals surface area contributed by atoms with E-state index in [0.29, 0.717) is 0 Å². The van der Waals surface area contributed by atoms with Crippen molar-refractivity contribution in [1.29, 1.82) is 0 Å². The molecule has 84 valence electrons. The van der Waals surface area contributed by atoms with Gasteiger partial charge in [0.25, 0.3) is 11.8 Å². The lowest BCUT2D eigenvalue weighted by Gasteiger charge is -2.09. The van der Waals surface area contributed by atoms with Crippen LogP contribution in [0.3, 0.4) is 0 Å². The predicted octanol–water partition coefficient (Wildman–Crippen LogP) is 1.82. The SMILES string of the molecule is O=C1CCC(=O)N1OSSc1ccccn1. The number of aromatic nitrogens is 1. The van der Waals surface area contributed by atoms with E-state index in [1.54, 1.807) is 6.20 Å². The molecule has 0 saturated carbocycles. The molecule has 2 amide bonds. The van der Waals surface area contributed by atoms with E-state index in [-0.39, 0.29) is 24.7 Å². The average molecular weight is 256 g/mol. The van der Waals surface area contributed by atoms with Gasteiger partial charge < -0.3 is 0 Å². The highest BCUT2D eigenvalue weighted by Gasteiger charge is 2.30. The fourth-order valence-corrected chi connectivity index (χ4v) is 2.46. The van der Waals surface area contributed by atoms with Crippen molar-refractivity contribution in [2.45, 2.75) is 17.9 Å². The standard InChI is InChI=1S/C9H8N2O3S2/c12-8-4-5-9(13)11(8)14-16-15-7-3-1-2-6-10-7/h1-3,6H,4-5H2. The second-order valence-corrected chi connectivity index (χ2v) is 4.75. The van der Waals surface area contributed by atoms with Crippen LogP contribution in [-0.2, 0) is 13.9 Å². The number of carbonyl (C=O) groups is 2. The third kappa shape index (κ3) is 2.75. The van der Waals surface area contributed by atoms with Crippen LogP contribution in [0.1, 0.15) is 12.8 Å². The molecular formula is C9H8N2O3S2. The zero-order valence-electron chi connectivity index (χ0n) is 8.16. The van der Waals surface area contributed by atoms with Gasteiger partial charge in [-0.05, 0) is 22.9 Å². The average Bonchev–Trinajstić information content (AvgIpc) is 2.62. The smallest absolute Gasteiger partial charge is 0.255 e. The lowest BCUT2D eigenvalue weighted by molar-refractivity contribution is -0.161. The second-order valence-electron chi connectivity index (χ2n) is 2.98. The van der Waals surface area contributed by atoms with Crippen molar-refractivity contribution in [1.82, 2.24) is 10.0 Å². The summed E-state index contributed by atoms with van der Waals surface area (Å²) in [6.07, 6.45) is 2.12. The van der Waals surface area contributed by atoms with Gasteiger partial charge in [0.15, 0.2) is 0 Å². The van der Waals surface area contributed by atoms with Crippen LogP contribution < -0.4 is 0 Å². The summed E-state index contributed by atoms with van der Waals surface area (Å²) in [6.45, 7) is 0. The Balaban J connectivity index is 1.80. The van der Waals surface area contributed by atoms with E-state index in [1.807, 2.05) is 18.2 Å². The highest BCUT2D eigenvalue weighted by Crippen LogP contribution is 2.32. The summed E-state index contributed by atoms with van der Waals surface area (Å²) in [5.41, 5.74) is 0. The molecule has 7 heteroatoms. The minimum atomic E-state index is -0.292. The summed E-state index contributed by atoms with van der Waals surface area (Å²) in [5, 5.41) is 1.56. The molecule has 0 aromatic carbocycles. The van der Waals surface area contributed by atoms with Gasteiger partial charge in [0.2, 0.25) is 0 Å². The molecule has 16 heavy (non-hydrogen) atoms. The number of amides is 2.